The van der Waals surface area contributed by atoms with E-state index >= 15 is 0 Å². The van der Waals surface area contributed by atoms with Crippen molar-refractivity contribution in [3.8, 4) is 0 Å². The summed E-state index contributed by atoms with van der Waals surface area (Å²) >= 11 is 0. The molecule has 3 aliphatic rings. The van der Waals surface area contributed by atoms with Crippen molar-refractivity contribution < 1.29 is 4.79 Å². The van der Waals surface area contributed by atoms with Gasteiger partial charge in [-0.2, -0.15) is 0 Å². The molecule has 0 unspecified atom stereocenters. The smallest absolute Gasteiger partial charge is 0.228 e. The number of rotatable bonds is 6. The van der Waals surface area contributed by atoms with Crippen LogP contribution in [0.25, 0.3) is 16.5 Å². The number of benzene rings is 1. The molecular formula is C24H31N3O. The van der Waals surface area contributed by atoms with Crippen molar-refractivity contribution in [3.63, 3.8) is 0 Å². The van der Waals surface area contributed by atoms with Gasteiger partial charge in [-0.15, -0.1) is 0 Å². The second kappa shape index (κ2) is 7.07. The van der Waals surface area contributed by atoms with Crippen LogP contribution in [0.1, 0.15) is 50.7 Å². The van der Waals surface area contributed by atoms with Crippen LogP contribution < -0.4 is 5.32 Å². The minimum Gasteiger partial charge on any atom is -0.361 e. The number of carbonyl (C=O) groups is 1. The van der Waals surface area contributed by atoms with E-state index in [-0.39, 0.29) is 17.9 Å². The topological polar surface area (TPSA) is 48.1 Å². The number of fused-ring (bicyclic) bond motifs is 2. The lowest BCUT2D eigenvalue weighted by Crippen LogP contribution is -2.50. The van der Waals surface area contributed by atoms with Crippen molar-refractivity contribution in [2.45, 2.75) is 58.0 Å². The number of aromatic amines is 1. The summed E-state index contributed by atoms with van der Waals surface area (Å²) in [6, 6.07) is 7.19. The van der Waals surface area contributed by atoms with Gasteiger partial charge in [-0.1, -0.05) is 31.6 Å². The van der Waals surface area contributed by atoms with E-state index in [1.165, 1.54) is 40.4 Å². The third-order valence-electron chi connectivity index (χ3n) is 6.76. The van der Waals surface area contributed by atoms with E-state index in [9.17, 15) is 4.79 Å². The number of amides is 1. The first-order chi connectivity index (χ1) is 13.6. The predicted octanol–water partition coefficient (Wildman–Crippen LogP) is 4.12. The Kier molecular flexibility index (Phi) is 4.54. The van der Waals surface area contributed by atoms with E-state index in [1.54, 1.807) is 0 Å². The van der Waals surface area contributed by atoms with Crippen LogP contribution in [0.4, 0.5) is 0 Å². The molecule has 1 amide bonds. The van der Waals surface area contributed by atoms with Crippen molar-refractivity contribution in [2.75, 3.05) is 13.1 Å². The number of nitrogens with zero attached hydrogens (tertiary/aromatic N) is 1. The van der Waals surface area contributed by atoms with Crippen LogP contribution in [0.2, 0.25) is 0 Å². The lowest BCUT2D eigenvalue weighted by molar-refractivity contribution is -0.125. The molecule has 0 saturated heterocycles. The number of nitrogens with one attached hydrogen (secondary N) is 2. The molecule has 2 N–H and O–H groups in total. The van der Waals surface area contributed by atoms with Crippen LogP contribution in [0.3, 0.4) is 0 Å². The van der Waals surface area contributed by atoms with E-state index in [1.807, 2.05) is 0 Å². The molecule has 4 nitrogen and oxygen atoms in total. The third kappa shape index (κ3) is 3.18. The molecule has 3 atom stereocenters. The van der Waals surface area contributed by atoms with Crippen LogP contribution in [-0.4, -0.2) is 41.0 Å². The highest BCUT2D eigenvalue weighted by molar-refractivity contribution is 5.99. The van der Waals surface area contributed by atoms with Crippen LogP contribution in [0.5, 0.6) is 0 Å². The quantitative estimate of drug-likeness (QED) is 0.795. The third-order valence-corrected chi connectivity index (χ3v) is 6.76. The molecule has 5 rings (SSSR count). The average Bonchev–Trinajstić information content (AvgIpc) is 3.41. The molecule has 1 aromatic heterocycles. The molecule has 2 aliphatic carbocycles. The maximum absolute atomic E-state index is 13.1. The van der Waals surface area contributed by atoms with Gasteiger partial charge < -0.3 is 10.3 Å². The minimum atomic E-state index is -0.0555. The van der Waals surface area contributed by atoms with Crippen LogP contribution in [0.15, 0.2) is 30.5 Å². The number of H-pyrrole nitrogens is 1. The molecule has 1 aliphatic heterocycles. The Hall–Kier alpha value is -2.07. The van der Waals surface area contributed by atoms with Crippen LogP contribution in [-0.2, 0) is 11.2 Å². The molecule has 2 aromatic rings. The highest BCUT2D eigenvalue weighted by Gasteiger charge is 2.39. The summed E-state index contributed by atoms with van der Waals surface area (Å²) in [6.45, 7) is 6.27. The van der Waals surface area contributed by atoms with Crippen molar-refractivity contribution >= 4 is 22.4 Å². The molecule has 2 heterocycles. The number of aromatic nitrogens is 1. The fourth-order valence-electron chi connectivity index (χ4n) is 5.18. The largest absolute Gasteiger partial charge is 0.361 e. The SMILES string of the molecule is CCC[C@@H](C)NC(=O)[C@@H]1C=C2c3cccc4[nH]cc(c34)C[C@H]2N(CC2CC2)C1. The Morgan fingerprint density at radius 3 is 3.00 bits per heavy atom. The lowest BCUT2D eigenvalue weighted by atomic mass is 9.79. The zero-order valence-corrected chi connectivity index (χ0v) is 17.0. The fourth-order valence-corrected chi connectivity index (χ4v) is 5.18. The summed E-state index contributed by atoms with van der Waals surface area (Å²) in [5.41, 5.74) is 5.33. The first-order valence-corrected chi connectivity index (χ1v) is 11.0. The second-order valence-electron chi connectivity index (χ2n) is 9.09. The normalized spacial score (nSPS) is 25.3. The van der Waals surface area contributed by atoms with Gasteiger partial charge in [-0.3, -0.25) is 9.69 Å². The maximum atomic E-state index is 13.1. The van der Waals surface area contributed by atoms with Crippen molar-refractivity contribution in [1.82, 2.24) is 15.2 Å². The van der Waals surface area contributed by atoms with E-state index < -0.39 is 0 Å². The van der Waals surface area contributed by atoms with E-state index in [0.717, 1.165) is 38.3 Å². The summed E-state index contributed by atoms with van der Waals surface area (Å²) in [7, 11) is 0. The van der Waals surface area contributed by atoms with E-state index in [0.29, 0.717) is 6.04 Å². The maximum Gasteiger partial charge on any atom is 0.228 e. The van der Waals surface area contributed by atoms with Crippen molar-refractivity contribution in [1.29, 1.82) is 0 Å². The molecule has 28 heavy (non-hydrogen) atoms. The van der Waals surface area contributed by atoms with Gasteiger partial charge >= 0.3 is 0 Å². The first-order valence-electron chi connectivity index (χ1n) is 11.0. The molecule has 1 aromatic carbocycles. The van der Waals surface area contributed by atoms with E-state index in [2.05, 4.69) is 59.5 Å². The summed E-state index contributed by atoms with van der Waals surface area (Å²) in [5.74, 6) is 0.963. The van der Waals surface area contributed by atoms with Gasteiger partial charge in [-0.25, -0.2) is 0 Å². The molecule has 1 saturated carbocycles. The molecule has 0 spiro atoms. The Balaban J connectivity index is 1.50. The fraction of sp³-hybridized carbons (Fsp3) is 0.542. The van der Waals surface area contributed by atoms with Gasteiger partial charge in [0.15, 0.2) is 0 Å². The van der Waals surface area contributed by atoms with Gasteiger partial charge in [0.25, 0.3) is 0 Å². The van der Waals surface area contributed by atoms with Crippen LogP contribution >= 0.6 is 0 Å². The van der Waals surface area contributed by atoms with Gasteiger partial charge in [0.05, 0.1) is 5.92 Å². The highest BCUT2D eigenvalue weighted by Crippen LogP contribution is 2.42. The standard InChI is InChI=1S/C24H31N3O/c1-3-5-15(2)26-24(28)18-10-20-19-6-4-7-21-23(19)17(12-25-21)11-22(20)27(14-18)13-16-8-9-16/h4,6-7,10,12,15-16,18,22,25H,3,5,8-9,11,13-14H2,1-2H3,(H,26,28)/t15-,18-,22-/m1/s1. The van der Waals surface area contributed by atoms with Gasteiger partial charge in [0, 0.05) is 42.3 Å². The Morgan fingerprint density at radius 1 is 1.36 bits per heavy atom. The zero-order valence-electron chi connectivity index (χ0n) is 17.0. The number of hydrogen-bond donors (Lipinski definition) is 2. The minimum absolute atomic E-state index is 0.0555. The summed E-state index contributed by atoms with van der Waals surface area (Å²) in [4.78, 5) is 19.1. The molecule has 148 valence electrons. The summed E-state index contributed by atoms with van der Waals surface area (Å²) in [6.07, 6.45) is 10.3. The molecular weight excluding hydrogens is 346 g/mol. The molecule has 1 fully saturated rings. The second-order valence-corrected chi connectivity index (χ2v) is 9.09. The molecule has 0 bridgehead atoms. The van der Waals surface area contributed by atoms with Crippen molar-refractivity contribution in [2.24, 2.45) is 11.8 Å². The number of hydrogen-bond acceptors (Lipinski definition) is 2. The predicted molar refractivity (Wildman–Crippen MR) is 114 cm³/mol. The summed E-state index contributed by atoms with van der Waals surface area (Å²) in [5, 5.41) is 4.62. The molecule has 0 radical (unpaired) electrons. The van der Waals surface area contributed by atoms with Gasteiger partial charge in [-0.05, 0) is 61.3 Å². The first kappa shape index (κ1) is 18.0. The van der Waals surface area contributed by atoms with Gasteiger partial charge in [0.1, 0.15) is 0 Å². The van der Waals surface area contributed by atoms with E-state index in [4.69, 9.17) is 0 Å². The lowest BCUT2D eigenvalue weighted by Gasteiger charge is -2.42. The summed E-state index contributed by atoms with van der Waals surface area (Å²) < 4.78 is 0. The van der Waals surface area contributed by atoms with Crippen LogP contribution in [0, 0.1) is 11.8 Å². The highest BCUT2D eigenvalue weighted by atomic mass is 16.2. The number of carbonyl (C=O) groups excluding carboxylic acids is 1. The Morgan fingerprint density at radius 2 is 2.21 bits per heavy atom. The molecule has 4 heteroatoms. The van der Waals surface area contributed by atoms with Crippen molar-refractivity contribution in [3.05, 3.63) is 41.6 Å². The van der Waals surface area contributed by atoms with Gasteiger partial charge in [0.2, 0.25) is 5.91 Å². The monoisotopic (exact) mass is 377 g/mol. The Labute approximate surface area is 167 Å². The zero-order chi connectivity index (χ0) is 19.3. The Bertz CT molecular complexity index is 923. The average molecular weight is 378 g/mol.